The molecular formula is C21H21F3N4O4S. The number of alkyl halides is 3. The Bertz CT molecular complexity index is 1210. The van der Waals surface area contributed by atoms with E-state index >= 15 is 0 Å². The summed E-state index contributed by atoms with van der Waals surface area (Å²) in [4.78, 5) is 22.1. The van der Waals surface area contributed by atoms with E-state index in [1.807, 2.05) is 6.92 Å². The second kappa shape index (κ2) is 9.69. The number of aromatic nitrogens is 3. The number of pyridine rings is 1. The van der Waals surface area contributed by atoms with Crippen LogP contribution in [0.3, 0.4) is 0 Å². The number of nitrogens with zero attached hydrogens (tertiary/aromatic N) is 4. The molecule has 0 aliphatic heterocycles. The molecule has 1 unspecified atom stereocenters. The van der Waals surface area contributed by atoms with Crippen molar-refractivity contribution in [1.29, 1.82) is 0 Å². The van der Waals surface area contributed by atoms with Crippen LogP contribution in [-0.4, -0.2) is 40.1 Å². The third-order valence-electron chi connectivity index (χ3n) is 4.84. The lowest BCUT2D eigenvalue weighted by Gasteiger charge is -2.26. The molecule has 2 heterocycles. The number of hydrogen-bond acceptors (Lipinski definition) is 7. The molecule has 33 heavy (non-hydrogen) atoms. The van der Waals surface area contributed by atoms with Crippen molar-refractivity contribution >= 4 is 15.7 Å². The van der Waals surface area contributed by atoms with E-state index in [9.17, 15) is 26.4 Å². The van der Waals surface area contributed by atoms with E-state index in [1.165, 1.54) is 11.1 Å². The van der Waals surface area contributed by atoms with Gasteiger partial charge in [-0.1, -0.05) is 24.2 Å². The second-order valence-corrected chi connectivity index (χ2v) is 9.20. The maximum atomic E-state index is 13.1. The number of rotatable bonds is 8. The molecule has 3 rings (SSSR count). The van der Waals surface area contributed by atoms with Gasteiger partial charge in [0.15, 0.2) is 15.7 Å². The number of aryl methyl sites for hydroxylation is 1. The Hall–Kier alpha value is -3.28. The van der Waals surface area contributed by atoms with Crippen molar-refractivity contribution in [3.05, 3.63) is 71.6 Å². The highest BCUT2D eigenvalue weighted by atomic mass is 32.2. The third kappa shape index (κ3) is 5.95. The van der Waals surface area contributed by atoms with E-state index in [-0.39, 0.29) is 12.4 Å². The molecule has 3 aromatic rings. The summed E-state index contributed by atoms with van der Waals surface area (Å²) in [6.45, 7) is 3.34. The van der Waals surface area contributed by atoms with Crippen molar-refractivity contribution < 1.29 is 30.9 Å². The van der Waals surface area contributed by atoms with Gasteiger partial charge in [0.25, 0.3) is 0 Å². The average molecular weight is 482 g/mol. The molecular weight excluding hydrogens is 461 g/mol. The Morgan fingerprint density at radius 1 is 1.18 bits per heavy atom. The number of carbonyl (C=O) groups is 1. The highest BCUT2D eigenvalue weighted by Gasteiger charge is 2.34. The fourth-order valence-electron chi connectivity index (χ4n) is 3.02. The first-order chi connectivity index (χ1) is 15.5. The molecule has 0 bridgehead atoms. The fourth-order valence-corrected chi connectivity index (χ4v) is 4.27. The Morgan fingerprint density at radius 3 is 2.55 bits per heavy atom. The maximum Gasteiger partial charge on any atom is 0.416 e. The Kier molecular flexibility index (Phi) is 7.15. The Labute approximate surface area is 188 Å². The standard InChI is InChI=1S/C21H21F3N4O4S/c1-3-18-26-20(32-27-18)14(2)28(12-16-8-4-5-10-25-16)19(29)13-33(30,31)17-9-6-7-15(11-17)21(22,23)24/h4-11,14H,3,12-13H2,1-2H3. The molecule has 0 saturated carbocycles. The summed E-state index contributed by atoms with van der Waals surface area (Å²) < 4.78 is 69.9. The van der Waals surface area contributed by atoms with Crippen LogP contribution in [-0.2, 0) is 33.8 Å². The smallest absolute Gasteiger partial charge is 0.337 e. The number of carbonyl (C=O) groups excluding carboxylic acids is 1. The van der Waals surface area contributed by atoms with Gasteiger partial charge in [-0.05, 0) is 37.3 Å². The lowest BCUT2D eigenvalue weighted by atomic mass is 10.2. The first-order valence-electron chi connectivity index (χ1n) is 9.93. The minimum atomic E-state index is -4.72. The van der Waals surface area contributed by atoms with Crippen LogP contribution in [0, 0.1) is 0 Å². The van der Waals surface area contributed by atoms with Crippen molar-refractivity contribution in [2.24, 2.45) is 0 Å². The van der Waals surface area contributed by atoms with Gasteiger partial charge < -0.3 is 9.42 Å². The number of hydrogen-bond donors (Lipinski definition) is 0. The van der Waals surface area contributed by atoms with E-state index in [2.05, 4.69) is 15.1 Å². The predicted molar refractivity (Wildman–Crippen MR) is 110 cm³/mol. The first kappa shape index (κ1) is 24.4. The summed E-state index contributed by atoms with van der Waals surface area (Å²) in [5.41, 5.74) is -0.642. The summed E-state index contributed by atoms with van der Waals surface area (Å²) in [6, 6.07) is 7.52. The lowest BCUT2D eigenvalue weighted by Crippen LogP contribution is -2.37. The van der Waals surface area contributed by atoms with Gasteiger partial charge in [-0.25, -0.2) is 8.42 Å². The minimum Gasteiger partial charge on any atom is -0.337 e. The number of benzene rings is 1. The molecule has 176 valence electrons. The molecule has 2 aromatic heterocycles. The quantitative estimate of drug-likeness (QED) is 0.483. The first-order valence-corrected chi connectivity index (χ1v) is 11.6. The van der Waals surface area contributed by atoms with Crippen molar-refractivity contribution in [3.8, 4) is 0 Å². The van der Waals surface area contributed by atoms with Gasteiger partial charge in [0.2, 0.25) is 11.8 Å². The highest BCUT2D eigenvalue weighted by molar-refractivity contribution is 7.92. The van der Waals surface area contributed by atoms with Gasteiger partial charge in [0, 0.05) is 12.6 Å². The van der Waals surface area contributed by atoms with Gasteiger partial charge in [-0.2, -0.15) is 18.2 Å². The summed E-state index contributed by atoms with van der Waals surface area (Å²) in [7, 11) is -4.37. The lowest BCUT2D eigenvalue weighted by molar-refractivity contribution is -0.137. The molecule has 0 spiro atoms. The Morgan fingerprint density at radius 2 is 1.94 bits per heavy atom. The van der Waals surface area contributed by atoms with Crippen molar-refractivity contribution in [1.82, 2.24) is 20.0 Å². The van der Waals surface area contributed by atoms with Gasteiger partial charge >= 0.3 is 6.18 Å². The van der Waals surface area contributed by atoms with Gasteiger partial charge in [-0.3, -0.25) is 9.78 Å². The van der Waals surface area contributed by atoms with Crippen LogP contribution >= 0.6 is 0 Å². The summed E-state index contributed by atoms with van der Waals surface area (Å²) in [5.74, 6) is -1.37. The Balaban J connectivity index is 1.90. The topological polar surface area (TPSA) is 106 Å². The van der Waals surface area contributed by atoms with Crippen molar-refractivity contribution in [2.75, 3.05) is 5.75 Å². The van der Waals surface area contributed by atoms with Crippen LogP contribution in [0.5, 0.6) is 0 Å². The molecule has 0 fully saturated rings. The fraction of sp³-hybridized carbons (Fsp3) is 0.333. The largest absolute Gasteiger partial charge is 0.416 e. The van der Waals surface area contributed by atoms with Crippen molar-refractivity contribution in [2.45, 2.75) is 43.9 Å². The van der Waals surface area contributed by atoms with E-state index in [1.54, 1.807) is 25.1 Å². The van der Waals surface area contributed by atoms with Crippen LogP contribution < -0.4 is 0 Å². The van der Waals surface area contributed by atoms with E-state index in [0.717, 1.165) is 18.2 Å². The zero-order valence-corrected chi connectivity index (χ0v) is 18.6. The molecule has 0 aliphatic rings. The van der Waals surface area contributed by atoms with Crippen LogP contribution in [0.2, 0.25) is 0 Å². The number of sulfone groups is 1. The molecule has 1 amide bonds. The second-order valence-electron chi connectivity index (χ2n) is 7.21. The molecule has 12 heteroatoms. The normalized spacial score (nSPS) is 13.0. The highest BCUT2D eigenvalue weighted by Crippen LogP contribution is 2.31. The number of halogens is 3. The van der Waals surface area contributed by atoms with Gasteiger partial charge in [-0.15, -0.1) is 0 Å². The zero-order valence-electron chi connectivity index (χ0n) is 17.8. The average Bonchev–Trinajstić information content (AvgIpc) is 3.26. The molecule has 0 saturated heterocycles. The van der Waals surface area contributed by atoms with Crippen LogP contribution in [0.1, 0.15) is 42.9 Å². The van der Waals surface area contributed by atoms with E-state index in [0.29, 0.717) is 24.0 Å². The van der Waals surface area contributed by atoms with E-state index < -0.39 is 44.2 Å². The molecule has 1 atom stereocenters. The maximum absolute atomic E-state index is 13.1. The number of amides is 1. The predicted octanol–water partition coefficient (Wildman–Crippen LogP) is 3.61. The van der Waals surface area contributed by atoms with Crippen LogP contribution in [0.4, 0.5) is 13.2 Å². The summed E-state index contributed by atoms with van der Waals surface area (Å²) in [5, 5.41) is 3.79. The zero-order chi connectivity index (χ0) is 24.2. The van der Waals surface area contributed by atoms with Crippen LogP contribution in [0.25, 0.3) is 0 Å². The van der Waals surface area contributed by atoms with Gasteiger partial charge in [0.05, 0.1) is 22.7 Å². The molecule has 0 aliphatic carbocycles. The summed E-state index contributed by atoms with van der Waals surface area (Å²) in [6.07, 6.45) is -2.71. The SMILES string of the molecule is CCc1noc(C(C)N(Cc2ccccn2)C(=O)CS(=O)(=O)c2cccc(C(F)(F)F)c2)n1. The molecule has 0 N–H and O–H groups in total. The van der Waals surface area contributed by atoms with Crippen LogP contribution in [0.15, 0.2) is 58.1 Å². The monoisotopic (exact) mass is 482 g/mol. The summed E-state index contributed by atoms with van der Waals surface area (Å²) >= 11 is 0. The van der Waals surface area contributed by atoms with Crippen molar-refractivity contribution in [3.63, 3.8) is 0 Å². The minimum absolute atomic E-state index is 0.0667. The molecule has 1 aromatic carbocycles. The van der Waals surface area contributed by atoms with E-state index in [4.69, 9.17) is 4.52 Å². The third-order valence-corrected chi connectivity index (χ3v) is 6.44. The van der Waals surface area contributed by atoms with Gasteiger partial charge in [0.1, 0.15) is 11.8 Å². The molecule has 8 nitrogen and oxygen atoms in total. The molecule has 0 radical (unpaired) electrons.